The maximum absolute atomic E-state index is 12.9. The van der Waals surface area contributed by atoms with Crippen LogP contribution in [0.4, 0.5) is 0 Å². The van der Waals surface area contributed by atoms with Crippen molar-refractivity contribution in [2.75, 3.05) is 0 Å². The van der Waals surface area contributed by atoms with Gasteiger partial charge < -0.3 is 10.0 Å². The van der Waals surface area contributed by atoms with E-state index in [1.165, 1.54) is 4.90 Å². The molecule has 1 saturated heterocycles. The van der Waals surface area contributed by atoms with E-state index in [1.807, 2.05) is 19.1 Å². The molecule has 2 atom stereocenters. The van der Waals surface area contributed by atoms with Crippen LogP contribution in [0.15, 0.2) is 24.4 Å². The largest absolute Gasteiger partial charge is 0.390 e. The van der Waals surface area contributed by atoms with Crippen LogP contribution in [0.1, 0.15) is 54.7 Å². The summed E-state index contributed by atoms with van der Waals surface area (Å²) in [5, 5.41) is 20.8. The van der Waals surface area contributed by atoms with Crippen LogP contribution in [0, 0.1) is 0 Å². The number of piperidine rings is 1. The minimum absolute atomic E-state index is 0.227. The SMILES string of the molecule is CCC(C)(O)Cc1cn(-c2ccc3c(c2)C(=O)N(C2CCC(=O)NC2=O)C3)nn1. The molecule has 2 unspecified atom stereocenters. The molecule has 2 aliphatic heterocycles. The van der Waals surface area contributed by atoms with Gasteiger partial charge in [-0.15, -0.1) is 5.10 Å². The van der Waals surface area contributed by atoms with E-state index in [4.69, 9.17) is 0 Å². The molecule has 3 heterocycles. The van der Waals surface area contributed by atoms with E-state index in [9.17, 15) is 19.5 Å². The summed E-state index contributed by atoms with van der Waals surface area (Å²) in [6.45, 7) is 4.00. The average Bonchev–Trinajstić information content (AvgIpc) is 3.26. The first-order chi connectivity index (χ1) is 13.8. The van der Waals surface area contributed by atoms with Crippen molar-refractivity contribution in [2.45, 2.75) is 57.7 Å². The van der Waals surface area contributed by atoms with Gasteiger partial charge >= 0.3 is 0 Å². The quantitative estimate of drug-likeness (QED) is 0.719. The zero-order chi connectivity index (χ0) is 20.8. The zero-order valence-corrected chi connectivity index (χ0v) is 16.4. The van der Waals surface area contributed by atoms with E-state index in [0.717, 1.165) is 5.56 Å². The average molecular weight is 397 g/mol. The minimum atomic E-state index is -0.850. The molecule has 0 spiro atoms. The Morgan fingerprint density at radius 3 is 2.83 bits per heavy atom. The van der Waals surface area contributed by atoms with Gasteiger partial charge in [0.2, 0.25) is 11.8 Å². The summed E-state index contributed by atoms with van der Waals surface area (Å²) in [6, 6.07) is 4.79. The molecule has 2 aliphatic rings. The number of rotatable bonds is 5. The van der Waals surface area contributed by atoms with Crippen molar-refractivity contribution >= 4 is 17.7 Å². The Bertz CT molecular complexity index is 997. The number of aliphatic hydroxyl groups is 1. The normalized spacial score (nSPS) is 21.1. The number of carbonyl (C=O) groups excluding carboxylic acids is 3. The number of nitrogens with zero attached hydrogens (tertiary/aromatic N) is 4. The van der Waals surface area contributed by atoms with Crippen molar-refractivity contribution in [3.63, 3.8) is 0 Å². The van der Waals surface area contributed by atoms with Crippen LogP contribution < -0.4 is 5.32 Å². The van der Waals surface area contributed by atoms with Gasteiger partial charge in [-0.05, 0) is 37.5 Å². The molecule has 0 radical (unpaired) electrons. The van der Waals surface area contributed by atoms with Gasteiger partial charge in [0.05, 0.1) is 23.2 Å². The molecule has 2 N–H and O–H groups in total. The third kappa shape index (κ3) is 3.65. The minimum Gasteiger partial charge on any atom is -0.390 e. The molecule has 0 bridgehead atoms. The number of aromatic nitrogens is 3. The molecular weight excluding hydrogens is 374 g/mol. The molecule has 2 aromatic rings. The van der Waals surface area contributed by atoms with Gasteiger partial charge in [-0.25, -0.2) is 4.68 Å². The number of fused-ring (bicyclic) bond motifs is 1. The second kappa shape index (κ2) is 7.07. The third-order valence-electron chi connectivity index (χ3n) is 5.64. The molecule has 9 heteroatoms. The van der Waals surface area contributed by atoms with Gasteiger partial charge in [-0.2, -0.15) is 0 Å². The number of hydrogen-bond donors (Lipinski definition) is 2. The molecule has 152 valence electrons. The predicted molar refractivity (Wildman–Crippen MR) is 102 cm³/mol. The Balaban J connectivity index is 1.55. The standard InChI is InChI=1S/C20H23N5O4/c1-3-20(2,29)9-13-11-25(23-22-13)14-5-4-12-10-24(19(28)15(12)8-14)16-6-7-17(26)21-18(16)27/h4-5,8,11,16,29H,3,6-7,9-10H2,1-2H3,(H,21,26,27). The fourth-order valence-electron chi connectivity index (χ4n) is 3.71. The van der Waals surface area contributed by atoms with Gasteiger partial charge in [0.25, 0.3) is 5.91 Å². The Labute approximate surface area is 167 Å². The number of imide groups is 1. The lowest BCUT2D eigenvalue weighted by Gasteiger charge is -2.29. The summed E-state index contributed by atoms with van der Waals surface area (Å²) in [5.74, 6) is -0.959. The van der Waals surface area contributed by atoms with Gasteiger partial charge in [-0.3, -0.25) is 19.7 Å². The molecule has 3 amide bonds. The number of carbonyl (C=O) groups is 3. The monoisotopic (exact) mass is 397 g/mol. The topological polar surface area (TPSA) is 117 Å². The van der Waals surface area contributed by atoms with E-state index in [2.05, 4.69) is 15.6 Å². The highest BCUT2D eigenvalue weighted by molar-refractivity contribution is 6.05. The first-order valence-electron chi connectivity index (χ1n) is 9.69. The van der Waals surface area contributed by atoms with Crippen LogP contribution in [0.2, 0.25) is 0 Å². The Hall–Kier alpha value is -3.07. The van der Waals surface area contributed by atoms with Crippen molar-refractivity contribution in [1.29, 1.82) is 0 Å². The molecule has 4 rings (SSSR count). The number of amides is 3. The van der Waals surface area contributed by atoms with E-state index in [1.54, 1.807) is 23.9 Å². The van der Waals surface area contributed by atoms with Gasteiger partial charge in [0, 0.05) is 24.9 Å². The summed E-state index contributed by atoms with van der Waals surface area (Å²) in [7, 11) is 0. The van der Waals surface area contributed by atoms with Crippen LogP contribution in [0.5, 0.6) is 0 Å². The van der Waals surface area contributed by atoms with Gasteiger partial charge in [-0.1, -0.05) is 18.2 Å². The summed E-state index contributed by atoms with van der Waals surface area (Å²) >= 11 is 0. The molecule has 0 saturated carbocycles. The van der Waals surface area contributed by atoms with Crippen molar-refractivity contribution in [3.8, 4) is 5.69 Å². The lowest BCUT2D eigenvalue weighted by atomic mass is 9.98. The summed E-state index contributed by atoms with van der Waals surface area (Å²) in [6.07, 6.45) is 3.29. The predicted octanol–water partition coefficient (Wildman–Crippen LogP) is 0.732. The lowest BCUT2D eigenvalue weighted by Crippen LogP contribution is -2.52. The molecule has 29 heavy (non-hydrogen) atoms. The maximum atomic E-state index is 12.9. The maximum Gasteiger partial charge on any atom is 0.255 e. The summed E-state index contributed by atoms with van der Waals surface area (Å²) < 4.78 is 1.57. The Morgan fingerprint density at radius 2 is 2.10 bits per heavy atom. The number of nitrogens with one attached hydrogen (secondary N) is 1. The van der Waals surface area contributed by atoms with Crippen molar-refractivity contribution < 1.29 is 19.5 Å². The highest BCUT2D eigenvalue weighted by Gasteiger charge is 2.39. The van der Waals surface area contributed by atoms with Crippen LogP contribution in [0.25, 0.3) is 5.69 Å². The second-order valence-electron chi connectivity index (χ2n) is 7.92. The van der Waals surface area contributed by atoms with E-state index in [-0.39, 0.29) is 18.2 Å². The van der Waals surface area contributed by atoms with Crippen molar-refractivity contribution in [3.05, 3.63) is 41.2 Å². The first kappa shape index (κ1) is 19.3. The smallest absolute Gasteiger partial charge is 0.255 e. The summed E-state index contributed by atoms with van der Waals surface area (Å²) in [5.41, 5.74) is 1.84. The number of hydrogen-bond acceptors (Lipinski definition) is 6. The Kier molecular flexibility index (Phi) is 4.70. The molecule has 1 aromatic carbocycles. The van der Waals surface area contributed by atoms with Crippen molar-refractivity contribution in [1.82, 2.24) is 25.2 Å². The van der Waals surface area contributed by atoms with E-state index < -0.39 is 17.6 Å². The molecular formula is C20H23N5O4. The number of benzene rings is 1. The highest BCUT2D eigenvalue weighted by Crippen LogP contribution is 2.29. The van der Waals surface area contributed by atoms with Crippen LogP contribution in [0.3, 0.4) is 0 Å². The third-order valence-corrected chi connectivity index (χ3v) is 5.64. The zero-order valence-electron chi connectivity index (χ0n) is 16.4. The molecule has 9 nitrogen and oxygen atoms in total. The van der Waals surface area contributed by atoms with Crippen LogP contribution in [-0.2, 0) is 22.6 Å². The van der Waals surface area contributed by atoms with Crippen molar-refractivity contribution in [2.24, 2.45) is 0 Å². The summed E-state index contributed by atoms with van der Waals surface area (Å²) in [4.78, 5) is 38.0. The highest BCUT2D eigenvalue weighted by atomic mass is 16.3. The fourth-order valence-corrected chi connectivity index (χ4v) is 3.71. The molecule has 1 aromatic heterocycles. The van der Waals surface area contributed by atoms with Crippen LogP contribution in [-0.4, -0.2) is 54.4 Å². The first-order valence-corrected chi connectivity index (χ1v) is 9.69. The van der Waals surface area contributed by atoms with E-state index in [0.29, 0.717) is 42.8 Å². The van der Waals surface area contributed by atoms with Crippen LogP contribution >= 0.6 is 0 Å². The van der Waals surface area contributed by atoms with Gasteiger partial charge in [0.1, 0.15) is 6.04 Å². The van der Waals surface area contributed by atoms with E-state index >= 15 is 0 Å². The fraction of sp³-hybridized carbons (Fsp3) is 0.450. The second-order valence-corrected chi connectivity index (χ2v) is 7.92. The lowest BCUT2D eigenvalue weighted by molar-refractivity contribution is -0.136. The Morgan fingerprint density at radius 1 is 1.31 bits per heavy atom. The molecule has 1 fully saturated rings. The molecule has 0 aliphatic carbocycles. The van der Waals surface area contributed by atoms with Gasteiger partial charge in [0.15, 0.2) is 0 Å².